The van der Waals surface area contributed by atoms with Gasteiger partial charge in [0.05, 0.1) is 11.2 Å². The van der Waals surface area contributed by atoms with E-state index < -0.39 is 5.97 Å². The molecule has 3 rings (SSSR count). The van der Waals surface area contributed by atoms with E-state index in [1.54, 1.807) is 4.57 Å². The Kier molecular flexibility index (Phi) is 2.55. The minimum atomic E-state index is -0.539. The number of anilines is 1. The van der Waals surface area contributed by atoms with Gasteiger partial charge < -0.3 is 15.0 Å². The minimum absolute atomic E-state index is 0.0564. The maximum absolute atomic E-state index is 12.4. The fourth-order valence-corrected chi connectivity index (χ4v) is 2.67. The van der Waals surface area contributed by atoms with Gasteiger partial charge in [-0.1, -0.05) is 18.2 Å². The Morgan fingerprint density at radius 1 is 1.42 bits per heavy atom. The number of para-hydroxylation sites is 1. The molecule has 0 bridgehead atoms. The molecule has 2 heterocycles. The van der Waals surface area contributed by atoms with Crippen molar-refractivity contribution >= 4 is 22.6 Å². The van der Waals surface area contributed by atoms with Gasteiger partial charge in [-0.05, 0) is 18.4 Å². The Morgan fingerprint density at radius 3 is 2.95 bits per heavy atom. The number of nitrogens with zero attached hydrogens (tertiary/aromatic N) is 1. The maximum atomic E-state index is 12.4. The van der Waals surface area contributed by atoms with Crippen molar-refractivity contribution in [2.24, 2.45) is 0 Å². The summed E-state index contributed by atoms with van der Waals surface area (Å²) < 4.78 is 6.65. The molecule has 5 heteroatoms. The quantitative estimate of drug-likeness (QED) is 0.786. The number of nitrogens with two attached hydrogens (primary N) is 1. The number of nitrogen functional groups attached to an aromatic ring is 1. The molecule has 2 aromatic rings. The standard InChI is InChI=1S/C14H14N2O3/c1-8(17)19-13-11(15)10-6-2-4-9-5-3-7-16(12(9)10)14(13)18/h2,4,6H,3,5,7,15H2,1H3. The predicted molar refractivity (Wildman–Crippen MR) is 72.3 cm³/mol. The lowest BCUT2D eigenvalue weighted by Crippen LogP contribution is -2.28. The van der Waals surface area contributed by atoms with Crippen LogP contribution in [-0.2, 0) is 17.8 Å². The van der Waals surface area contributed by atoms with Crippen molar-refractivity contribution in [2.75, 3.05) is 5.73 Å². The number of hydrogen-bond donors (Lipinski definition) is 1. The molecule has 0 unspecified atom stereocenters. The van der Waals surface area contributed by atoms with E-state index >= 15 is 0 Å². The van der Waals surface area contributed by atoms with Gasteiger partial charge in [0.15, 0.2) is 0 Å². The highest BCUT2D eigenvalue weighted by Crippen LogP contribution is 2.32. The second kappa shape index (κ2) is 4.12. The van der Waals surface area contributed by atoms with Crippen LogP contribution in [0.1, 0.15) is 18.9 Å². The Morgan fingerprint density at radius 2 is 2.21 bits per heavy atom. The molecule has 0 atom stereocenters. The van der Waals surface area contributed by atoms with Crippen LogP contribution < -0.4 is 16.0 Å². The Bertz CT molecular complexity index is 746. The lowest BCUT2D eigenvalue weighted by Gasteiger charge is -2.21. The summed E-state index contributed by atoms with van der Waals surface area (Å²) in [6.45, 7) is 1.89. The van der Waals surface area contributed by atoms with E-state index in [1.807, 2.05) is 18.2 Å². The minimum Gasteiger partial charge on any atom is -0.419 e. The molecule has 0 aliphatic carbocycles. The van der Waals surface area contributed by atoms with Gasteiger partial charge >= 0.3 is 5.97 Å². The molecular formula is C14H14N2O3. The molecule has 19 heavy (non-hydrogen) atoms. The smallest absolute Gasteiger partial charge is 0.308 e. The normalized spacial score (nSPS) is 13.5. The van der Waals surface area contributed by atoms with Crippen molar-refractivity contribution in [3.63, 3.8) is 0 Å². The van der Waals surface area contributed by atoms with Crippen LogP contribution in [-0.4, -0.2) is 10.5 Å². The average molecular weight is 258 g/mol. The number of esters is 1. The summed E-state index contributed by atoms with van der Waals surface area (Å²) in [6, 6.07) is 5.76. The average Bonchev–Trinajstić information content (AvgIpc) is 2.40. The van der Waals surface area contributed by atoms with Crippen LogP contribution in [0, 0.1) is 0 Å². The summed E-state index contributed by atoms with van der Waals surface area (Å²) in [5, 5.41) is 0.771. The summed E-state index contributed by atoms with van der Waals surface area (Å²) in [5.74, 6) is -0.595. The number of carbonyl (C=O) groups excluding carboxylic acids is 1. The van der Waals surface area contributed by atoms with E-state index in [2.05, 4.69) is 0 Å². The molecule has 2 N–H and O–H groups in total. The summed E-state index contributed by atoms with van der Waals surface area (Å²) in [6.07, 6.45) is 1.83. The van der Waals surface area contributed by atoms with E-state index in [1.165, 1.54) is 6.92 Å². The fraction of sp³-hybridized carbons (Fsp3) is 0.286. The largest absolute Gasteiger partial charge is 0.419 e. The zero-order chi connectivity index (χ0) is 13.6. The third kappa shape index (κ3) is 1.69. The lowest BCUT2D eigenvalue weighted by molar-refractivity contribution is -0.131. The lowest BCUT2D eigenvalue weighted by atomic mass is 10.0. The number of hydrogen-bond acceptors (Lipinski definition) is 4. The first-order chi connectivity index (χ1) is 9.09. The van der Waals surface area contributed by atoms with Gasteiger partial charge in [-0.3, -0.25) is 9.59 Å². The summed E-state index contributed by atoms with van der Waals surface area (Å²) in [7, 11) is 0. The van der Waals surface area contributed by atoms with E-state index in [4.69, 9.17) is 10.5 Å². The van der Waals surface area contributed by atoms with Gasteiger partial charge in [-0.2, -0.15) is 0 Å². The van der Waals surface area contributed by atoms with Gasteiger partial charge in [-0.15, -0.1) is 0 Å². The van der Waals surface area contributed by atoms with Gasteiger partial charge in [0.25, 0.3) is 5.56 Å². The van der Waals surface area contributed by atoms with Crippen molar-refractivity contribution in [2.45, 2.75) is 26.3 Å². The molecule has 5 nitrogen and oxygen atoms in total. The number of rotatable bonds is 1. The van der Waals surface area contributed by atoms with Gasteiger partial charge in [0.1, 0.15) is 0 Å². The van der Waals surface area contributed by atoms with Crippen LogP contribution in [0.3, 0.4) is 0 Å². The third-order valence-corrected chi connectivity index (χ3v) is 3.44. The van der Waals surface area contributed by atoms with E-state index in [0.717, 1.165) is 29.3 Å². The number of benzene rings is 1. The molecule has 0 saturated heterocycles. The number of pyridine rings is 1. The summed E-state index contributed by atoms with van der Waals surface area (Å²) in [4.78, 5) is 23.5. The molecular weight excluding hydrogens is 244 g/mol. The second-order valence-corrected chi connectivity index (χ2v) is 4.71. The monoisotopic (exact) mass is 258 g/mol. The molecule has 1 aliphatic rings. The summed E-state index contributed by atoms with van der Waals surface area (Å²) >= 11 is 0. The molecule has 1 aliphatic heterocycles. The third-order valence-electron chi connectivity index (χ3n) is 3.44. The number of aryl methyl sites for hydroxylation is 2. The zero-order valence-electron chi connectivity index (χ0n) is 10.6. The van der Waals surface area contributed by atoms with E-state index in [0.29, 0.717) is 6.54 Å². The summed E-state index contributed by atoms with van der Waals surface area (Å²) in [5.41, 5.74) is 7.89. The highest BCUT2D eigenvalue weighted by molar-refractivity contribution is 5.96. The Balaban J connectivity index is 2.43. The topological polar surface area (TPSA) is 74.3 Å². The van der Waals surface area contributed by atoms with Crippen LogP contribution in [0.5, 0.6) is 5.75 Å². The van der Waals surface area contributed by atoms with E-state index in [-0.39, 0.29) is 17.0 Å². The second-order valence-electron chi connectivity index (χ2n) is 4.71. The Hall–Kier alpha value is -2.30. The number of aromatic nitrogens is 1. The molecule has 1 aromatic carbocycles. The number of carbonyl (C=O) groups is 1. The molecule has 98 valence electrons. The Labute approximate surface area is 109 Å². The first-order valence-corrected chi connectivity index (χ1v) is 6.22. The zero-order valence-corrected chi connectivity index (χ0v) is 10.6. The predicted octanol–water partition coefficient (Wildman–Crippen LogP) is 1.46. The molecule has 0 radical (unpaired) electrons. The number of ether oxygens (including phenoxy) is 1. The van der Waals surface area contributed by atoms with Crippen molar-refractivity contribution in [3.05, 3.63) is 34.1 Å². The first-order valence-electron chi connectivity index (χ1n) is 6.22. The molecule has 0 fully saturated rings. The van der Waals surface area contributed by atoms with Crippen molar-refractivity contribution in [3.8, 4) is 5.75 Å². The van der Waals surface area contributed by atoms with Gasteiger partial charge in [0, 0.05) is 18.9 Å². The van der Waals surface area contributed by atoms with Crippen LogP contribution in [0.4, 0.5) is 5.69 Å². The van der Waals surface area contributed by atoms with Crippen molar-refractivity contribution < 1.29 is 9.53 Å². The van der Waals surface area contributed by atoms with Gasteiger partial charge in [0.2, 0.25) is 5.75 Å². The van der Waals surface area contributed by atoms with Crippen molar-refractivity contribution in [1.29, 1.82) is 0 Å². The highest BCUT2D eigenvalue weighted by atomic mass is 16.5. The van der Waals surface area contributed by atoms with Crippen LogP contribution in [0.2, 0.25) is 0 Å². The van der Waals surface area contributed by atoms with Crippen LogP contribution in [0.25, 0.3) is 10.9 Å². The molecule has 0 amide bonds. The SMILES string of the molecule is CC(=O)Oc1c(N)c2cccc3c2n(c1=O)CCC3. The molecule has 0 saturated carbocycles. The maximum Gasteiger partial charge on any atom is 0.308 e. The molecule has 1 aromatic heterocycles. The van der Waals surface area contributed by atoms with Crippen molar-refractivity contribution in [1.82, 2.24) is 4.57 Å². The van der Waals surface area contributed by atoms with E-state index in [9.17, 15) is 9.59 Å². The van der Waals surface area contributed by atoms with Crippen LogP contribution >= 0.6 is 0 Å². The first kappa shape index (κ1) is 11.8. The van der Waals surface area contributed by atoms with Gasteiger partial charge in [-0.25, -0.2) is 0 Å². The van der Waals surface area contributed by atoms with Crippen LogP contribution in [0.15, 0.2) is 23.0 Å². The highest BCUT2D eigenvalue weighted by Gasteiger charge is 2.21. The fourth-order valence-electron chi connectivity index (χ4n) is 2.67. The molecule has 0 spiro atoms.